The van der Waals surface area contributed by atoms with Gasteiger partial charge in [0.25, 0.3) is 0 Å². The molecule has 0 saturated heterocycles. The summed E-state index contributed by atoms with van der Waals surface area (Å²) in [5.41, 5.74) is 1.99. The van der Waals surface area contributed by atoms with Gasteiger partial charge in [0.1, 0.15) is 24.0 Å². The number of hydrogen-bond acceptors (Lipinski definition) is 5. The minimum atomic E-state index is -0.0115. The van der Waals surface area contributed by atoms with Gasteiger partial charge in [-0.25, -0.2) is 4.98 Å². The van der Waals surface area contributed by atoms with Gasteiger partial charge in [-0.3, -0.25) is 4.79 Å². The number of benzene rings is 1. The summed E-state index contributed by atoms with van der Waals surface area (Å²) in [4.78, 5) is 18.7. The fraction of sp³-hybridized carbons (Fsp3) is 0.474. The molecule has 0 fully saturated rings. The fourth-order valence-corrected chi connectivity index (χ4v) is 3.13. The zero-order valence-corrected chi connectivity index (χ0v) is 16.1. The van der Waals surface area contributed by atoms with Crippen LogP contribution in [0.15, 0.2) is 29.6 Å². The molecule has 0 N–H and O–H groups in total. The first-order valence-electron chi connectivity index (χ1n) is 8.45. The summed E-state index contributed by atoms with van der Waals surface area (Å²) in [5, 5.41) is 2.90. The van der Waals surface area contributed by atoms with E-state index in [2.05, 4.69) is 11.9 Å². The Morgan fingerprint density at radius 3 is 2.80 bits per heavy atom. The van der Waals surface area contributed by atoms with Gasteiger partial charge in [-0.1, -0.05) is 25.1 Å². The lowest BCUT2D eigenvalue weighted by Gasteiger charge is -2.27. The zero-order valence-electron chi connectivity index (χ0n) is 15.3. The summed E-state index contributed by atoms with van der Waals surface area (Å²) >= 11 is 1.56. The van der Waals surface area contributed by atoms with Crippen LogP contribution in [0.25, 0.3) is 0 Å². The summed E-state index contributed by atoms with van der Waals surface area (Å²) in [5.74, 6) is 0.860. The molecule has 0 aliphatic carbocycles. The van der Waals surface area contributed by atoms with Crippen LogP contribution in [0.4, 0.5) is 0 Å². The second-order valence-corrected chi connectivity index (χ2v) is 6.94. The van der Waals surface area contributed by atoms with Crippen LogP contribution in [0.3, 0.4) is 0 Å². The molecule has 0 aliphatic rings. The van der Waals surface area contributed by atoms with Crippen LogP contribution in [-0.2, 0) is 22.7 Å². The Bertz CT molecular complexity index is 687. The van der Waals surface area contributed by atoms with Crippen molar-refractivity contribution in [3.8, 4) is 5.75 Å². The molecule has 0 bridgehead atoms. The highest BCUT2D eigenvalue weighted by molar-refractivity contribution is 7.09. The highest BCUT2D eigenvalue weighted by Crippen LogP contribution is 2.20. The van der Waals surface area contributed by atoms with Crippen LogP contribution >= 0.6 is 11.3 Å². The van der Waals surface area contributed by atoms with E-state index in [1.807, 2.05) is 48.4 Å². The van der Waals surface area contributed by atoms with E-state index >= 15 is 0 Å². The van der Waals surface area contributed by atoms with Gasteiger partial charge in [0, 0.05) is 18.5 Å². The van der Waals surface area contributed by atoms with Crippen LogP contribution in [0, 0.1) is 6.92 Å². The van der Waals surface area contributed by atoms with Gasteiger partial charge in [-0.05, 0) is 31.9 Å². The third-order valence-electron chi connectivity index (χ3n) is 4.09. The summed E-state index contributed by atoms with van der Waals surface area (Å²) in [6.45, 7) is 7.16. The lowest BCUT2D eigenvalue weighted by atomic mass is 10.2. The van der Waals surface area contributed by atoms with E-state index in [-0.39, 0.29) is 18.6 Å². The maximum Gasteiger partial charge on any atom is 0.249 e. The molecule has 1 atom stereocenters. The number of hydrogen-bond donors (Lipinski definition) is 0. The highest BCUT2D eigenvalue weighted by atomic mass is 32.1. The standard InChI is InChI=1S/C19H26N2O3S/c1-5-15(3)21(19(22)12-23-4)10-16-13-25-18(20-16)11-24-17-9-7-6-8-14(17)2/h6-9,13,15H,5,10-12H2,1-4H3/t15-/m1/s1. The number of aromatic nitrogens is 1. The van der Waals surface area contributed by atoms with E-state index in [9.17, 15) is 4.79 Å². The second kappa shape index (κ2) is 9.53. The Morgan fingerprint density at radius 2 is 2.12 bits per heavy atom. The normalized spacial score (nSPS) is 12.0. The molecule has 1 heterocycles. The molecule has 0 saturated carbocycles. The smallest absolute Gasteiger partial charge is 0.249 e. The zero-order chi connectivity index (χ0) is 18.2. The summed E-state index contributed by atoms with van der Waals surface area (Å²) in [6.07, 6.45) is 0.892. The number of nitrogens with zero attached hydrogens (tertiary/aromatic N) is 2. The molecule has 1 amide bonds. The fourth-order valence-electron chi connectivity index (χ4n) is 2.44. The van der Waals surface area contributed by atoms with Crippen LogP contribution < -0.4 is 4.74 Å². The average molecular weight is 362 g/mol. The quantitative estimate of drug-likeness (QED) is 0.681. The monoisotopic (exact) mass is 362 g/mol. The number of amides is 1. The molecule has 1 aromatic carbocycles. The summed E-state index contributed by atoms with van der Waals surface area (Å²) < 4.78 is 10.8. The van der Waals surface area contributed by atoms with Crippen molar-refractivity contribution >= 4 is 17.2 Å². The predicted molar refractivity (Wildman–Crippen MR) is 99.8 cm³/mol. The van der Waals surface area contributed by atoms with Gasteiger partial charge < -0.3 is 14.4 Å². The Morgan fingerprint density at radius 1 is 1.36 bits per heavy atom. The molecule has 5 nitrogen and oxygen atoms in total. The van der Waals surface area contributed by atoms with Crippen molar-refractivity contribution in [2.45, 2.75) is 46.4 Å². The molecule has 1 aromatic heterocycles. The van der Waals surface area contributed by atoms with E-state index in [1.54, 1.807) is 11.3 Å². The number of carbonyl (C=O) groups is 1. The minimum absolute atomic E-state index is 0.0115. The molecule has 2 aromatic rings. The number of methoxy groups -OCH3 is 1. The van der Waals surface area contributed by atoms with Gasteiger partial charge in [0.2, 0.25) is 5.91 Å². The lowest BCUT2D eigenvalue weighted by molar-refractivity contribution is -0.138. The van der Waals surface area contributed by atoms with E-state index in [4.69, 9.17) is 9.47 Å². The largest absolute Gasteiger partial charge is 0.486 e. The van der Waals surface area contributed by atoms with E-state index < -0.39 is 0 Å². The molecule has 6 heteroatoms. The maximum absolute atomic E-state index is 12.3. The first-order valence-corrected chi connectivity index (χ1v) is 9.33. The number of ether oxygens (including phenoxy) is 2. The van der Waals surface area contributed by atoms with E-state index in [0.29, 0.717) is 13.2 Å². The molecule has 0 radical (unpaired) electrons. The predicted octanol–water partition coefficient (Wildman–Crippen LogP) is 3.80. The van der Waals surface area contributed by atoms with Crippen molar-refractivity contribution in [3.63, 3.8) is 0 Å². The van der Waals surface area contributed by atoms with Crippen LogP contribution in [0.2, 0.25) is 0 Å². The molecular formula is C19H26N2O3S. The molecular weight excluding hydrogens is 336 g/mol. The Hall–Kier alpha value is -1.92. The Balaban J connectivity index is 1.99. The topological polar surface area (TPSA) is 51.7 Å². The van der Waals surface area contributed by atoms with E-state index in [1.165, 1.54) is 7.11 Å². The van der Waals surface area contributed by atoms with Gasteiger partial charge in [0.15, 0.2) is 0 Å². The van der Waals surface area contributed by atoms with E-state index in [0.717, 1.165) is 28.4 Å². The summed E-state index contributed by atoms with van der Waals surface area (Å²) in [7, 11) is 1.54. The molecule has 136 valence electrons. The van der Waals surface area contributed by atoms with Crippen molar-refractivity contribution in [2.24, 2.45) is 0 Å². The summed E-state index contributed by atoms with van der Waals surface area (Å²) in [6, 6.07) is 8.08. The van der Waals surface area contributed by atoms with Crippen molar-refractivity contribution in [3.05, 3.63) is 45.9 Å². The molecule has 0 aliphatic heterocycles. The van der Waals surface area contributed by atoms with Gasteiger partial charge >= 0.3 is 0 Å². The highest BCUT2D eigenvalue weighted by Gasteiger charge is 2.20. The van der Waals surface area contributed by atoms with Crippen molar-refractivity contribution in [2.75, 3.05) is 13.7 Å². The SMILES string of the molecule is CC[C@@H](C)N(Cc1csc(COc2ccccc2C)n1)C(=O)COC. The number of para-hydroxylation sites is 1. The number of aryl methyl sites for hydroxylation is 1. The first-order chi connectivity index (χ1) is 12.0. The Kier molecular flexibility index (Phi) is 7.40. The second-order valence-electron chi connectivity index (χ2n) is 6.00. The maximum atomic E-state index is 12.3. The minimum Gasteiger partial charge on any atom is -0.486 e. The molecule has 0 unspecified atom stereocenters. The molecule has 25 heavy (non-hydrogen) atoms. The lowest BCUT2D eigenvalue weighted by Crippen LogP contribution is -2.39. The number of thiazole rings is 1. The molecule has 0 spiro atoms. The van der Waals surface area contributed by atoms with Crippen LogP contribution in [0.1, 0.15) is 36.5 Å². The number of carbonyl (C=O) groups excluding carboxylic acids is 1. The van der Waals surface area contributed by atoms with Crippen molar-refractivity contribution in [1.29, 1.82) is 0 Å². The van der Waals surface area contributed by atoms with Crippen LogP contribution in [0.5, 0.6) is 5.75 Å². The average Bonchev–Trinajstić information content (AvgIpc) is 3.06. The van der Waals surface area contributed by atoms with Gasteiger partial charge in [-0.2, -0.15) is 0 Å². The van der Waals surface area contributed by atoms with Crippen molar-refractivity contribution < 1.29 is 14.3 Å². The Labute approximate surface area is 153 Å². The van der Waals surface area contributed by atoms with Gasteiger partial charge in [-0.15, -0.1) is 11.3 Å². The van der Waals surface area contributed by atoms with Crippen molar-refractivity contribution in [1.82, 2.24) is 9.88 Å². The molecule has 2 rings (SSSR count). The number of rotatable bonds is 9. The van der Waals surface area contributed by atoms with Gasteiger partial charge in [0.05, 0.1) is 12.2 Å². The first kappa shape index (κ1) is 19.4. The third-order valence-corrected chi connectivity index (χ3v) is 4.96. The van der Waals surface area contributed by atoms with Crippen LogP contribution in [-0.4, -0.2) is 35.5 Å². The third kappa shape index (κ3) is 5.54.